The molecule has 0 saturated heterocycles. The number of benzene rings is 1. The van der Waals surface area contributed by atoms with Gasteiger partial charge in [0.05, 0.1) is 11.0 Å². The van der Waals surface area contributed by atoms with Crippen molar-refractivity contribution < 1.29 is 14.7 Å². The Kier molecular flexibility index (Phi) is 2.47. The summed E-state index contributed by atoms with van der Waals surface area (Å²) in [4.78, 5) is 37.3. The molecule has 2 aromatic rings. The third-order valence-electron chi connectivity index (χ3n) is 3.68. The molecule has 20 heavy (non-hydrogen) atoms. The Balaban J connectivity index is 1.94. The minimum absolute atomic E-state index is 0.262. The van der Waals surface area contributed by atoms with E-state index in [1.54, 1.807) is 25.2 Å². The Morgan fingerprint density at radius 1 is 1.40 bits per heavy atom. The van der Waals surface area contributed by atoms with E-state index >= 15 is 0 Å². The van der Waals surface area contributed by atoms with Crippen LogP contribution in [0.2, 0.25) is 0 Å². The number of amides is 1. The summed E-state index contributed by atoms with van der Waals surface area (Å²) in [5, 5.41) is 11.6. The number of hydrogen-bond acceptors (Lipinski definition) is 3. The third-order valence-corrected chi connectivity index (χ3v) is 3.68. The summed E-state index contributed by atoms with van der Waals surface area (Å²) < 4.78 is 1.40. The van der Waals surface area contributed by atoms with E-state index in [1.165, 1.54) is 4.57 Å². The molecule has 1 fully saturated rings. The van der Waals surface area contributed by atoms with Gasteiger partial charge < -0.3 is 15.4 Å². The van der Waals surface area contributed by atoms with E-state index < -0.39 is 17.4 Å². The molecular formula is C13H13N3O4. The summed E-state index contributed by atoms with van der Waals surface area (Å²) in [6, 6.07) is 4.76. The van der Waals surface area contributed by atoms with Crippen LogP contribution in [0.3, 0.4) is 0 Å². The van der Waals surface area contributed by atoms with Crippen LogP contribution in [0.4, 0.5) is 0 Å². The van der Waals surface area contributed by atoms with Gasteiger partial charge in [-0.25, -0.2) is 9.59 Å². The number of H-pyrrole nitrogens is 1. The molecule has 3 rings (SSSR count). The Hall–Kier alpha value is -2.57. The average molecular weight is 275 g/mol. The number of hydrogen-bond donors (Lipinski definition) is 3. The molecule has 1 saturated carbocycles. The zero-order chi connectivity index (χ0) is 14.5. The zero-order valence-electron chi connectivity index (χ0n) is 10.8. The Morgan fingerprint density at radius 2 is 2.10 bits per heavy atom. The Labute approximate surface area is 113 Å². The standard InChI is InChI=1S/C13H13N3O4/c1-16-9-6-7(2-3-8(9)14-12(16)20)10(17)15-13(4-5-13)11(18)19/h2-3,6H,4-5H2,1H3,(H,14,20)(H,15,17)(H,18,19). The number of aromatic amines is 1. The van der Waals surface area contributed by atoms with Crippen LogP contribution in [0.5, 0.6) is 0 Å². The van der Waals surface area contributed by atoms with E-state index in [2.05, 4.69) is 10.3 Å². The number of carbonyl (C=O) groups excluding carboxylic acids is 1. The van der Waals surface area contributed by atoms with Crippen molar-refractivity contribution in [3.63, 3.8) is 0 Å². The first kappa shape index (κ1) is 12.5. The molecule has 1 amide bonds. The monoisotopic (exact) mass is 275 g/mol. The van der Waals surface area contributed by atoms with E-state index in [0.717, 1.165) is 0 Å². The second-order valence-electron chi connectivity index (χ2n) is 5.06. The maximum absolute atomic E-state index is 12.1. The number of carbonyl (C=O) groups is 2. The number of nitrogens with zero attached hydrogens (tertiary/aromatic N) is 1. The second kappa shape index (κ2) is 3.96. The molecule has 0 bridgehead atoms. The molecule has 0 atom stereocenters. The normalized spacial score (nSPS) is 16.1. The molecule has 7 heteroatoms. The number of fused-ring (bicyclic) bond motifs is 1. The van der Waals surface area contributed by atoms with Crippen LogP contribution in [0.15, 0.2) is 23.0 Å². The molecule has 3 N–H and O–H groups in total. The fourth-order valence-electron chi connectivity index (χ4n) is 2.17. The summed E-state index contributed by atoms with van der Waals surface area (Å²) in [7, 11) is 1.60. The summed E-state index contributed by atoms with van der Waals surface area (Å²) in [5.41, 5.74) is 0.188. The fraction of sp³-hybridized carbons (Fsp3) is 0.308. The number of aromatic nitrogens is 2. The van der Waals surface area contributed by atoms with Gasteiger partial charge in [-0.1, -0.05) is 0 Å². The smallest absolute Gasteiger partial charge is 0.329 e. The quantitative estimate of drug-likeness (QED) is 0.745. The van der Waals surface area contributed by atoms with Gasteiger partial charge in [0.25, 0.3) is 5.91 Å². The lowest BCUT2D eigenvalue weighted by Crippen LogP contribution is -2.43. The van der Waals surface area contributed by atoms with Gasteiger partial charge in [-0.3, -0.25) is 9.36 Å². The number of rotatable bonds is 3. The SMILES string of the molecule is Cn1c(=O)[nH]c2ccc(C(=O)NC3(C(=O)O)CC3)cc21. The summed E-state index contributed by atoms with van der Waals surface area (Å²) in [5.74, 6) is -1.46. The Bertz CT molecular complexity index is 783. The van der Waals surface area contributed by atoms with Crippen molar-refractivity contribution >= 4 is 22.9 Å². The molecule has 1 aliphatic rings. The van der Waals surface area contributed by atoms with Gasteiger partial charge in [0.15, 0.2) is 0 Å². The number of imidazole rings is 1. The molecular weight excluding hydrogens is 262 g/mol. The number of carboxylic acids is 1. The minimum atomic E-state index is -1.12. The van der Waals surface area contributed by atoms with Gasteiger partial charge in [0, 0.05) is 12.6 Å². The maximum Gasteiger partial charge on any atom is 0.329 e. The predicted octanol–water partition coefficient (Wildman–Crippen LogP) is 0.214. The molecule has 1 aromatic carbocycles. The molecule has 0 radical (unpaired) electrons. The average Bonchev–Trinajstić information content (AvgIpc) is 3.13. The van der Waals surface area contributed by atoms with Crippen molar-refractivity contribution in [2.75, 3.05) is 0 Å². The molecule has 0 aliphatic heterocycles. The Morgan fingerprint density at radius 3 is 2.70 bits per heavy atom. The van der Waals surface area contributed by atoms with Crippen molar-refractivity contribution in [1.82, 2.24) is 14.9 Å². The van der Waals surface area contributed by atoms with Crippen LogP contribution in [0.25, 0.3) is 11.0 Å². The fourth-order valence-corrected chi connectivity index (χ4v) is 2.17. The number of carboxylic acid groups (broad SMARTS) is 1. The first-order valence-corrected chi connectivity index (χ1v) is 6.18. The summed E-state index contributed by atoms with van der Waals surface area (Å²) in [6.45, 7) is 0. The maximum atomic E-state index is 12.1. The highest BCUT2D eigenvalue weighted by Gasteiger charge is 2.51. The molecule has 1 heterocycles. The van der Waals surface area contributed by atoms with E-state index in [0.29, 0.717) is 29.4 Å². The van der Waals surface area contributed by atoms with Crippen LogP contribution in [-0.2, 0) is 11.8 Å². The van der Waals surface area contributed by atoms with Gasteiger partial charge in [-0.05, 0) is 31.0 Å². The van der Waals surface area contributed by atoms with Crippen molar-refractivity contribution in [3.05, 3.63) is 34.2 Å². The van der Waals surface area contributed by atoms with E-state index in [9.17, 15) is 14.4 Å². The molecule has 7 nitrogen and oxygen atoms in total. The molecule has 104 valence electrons. The van der Waals surface area contributed by atoms with Crippen LogP contribution in [-0.4, -0.2) is 32.1 Å². The molecule has 1 aliphatic carbocycles. The van der Waals surface area contributed by atoms with Crippen molar-refractivity contribution in [2.45, 2.75) is 18.4 Å². The third kappa shape index (κ3) is 1.78. The topological polar surface area (TPSA) is 104 Å². The second-order valence-corrected chi connectivity index (χ2v) is 5.06. The van der Waals surface area contributed by atoms with Gasteiger partial charge in [-0.2, -0.15) is 0 Å². The zero-order valence-corrected chi connectivity index (χ0v) is 10.8. The highest BCUT2D eigenvalue weighted by Crippen LogP contribution is 2.35. The van der Waals surface area contributed by atoms with Gasteiger partial charge in [-0.15, -0.1) is 0 Å². The van der Waals surface area contributed by atoms with Crippen molar-refractivity contribution in [3.8, 4) is 0 Å². The van der Waals surface area contributed by atoms with Crippen LogP contribution in [0, 0.1) is 0 Å². The van der Waals surface area contributed by atoms with Crippen molar-refractivity contribution in [2.24, 2.45) is 7.05 Å². The highest BCUT2D eigenvalue weighted by atomic mass is 16.4. The first-order valence-electron chi connectivity index (χ1n) is 6.18. The highest BCUT2D eigenvalue weighted by molar-refractivity contribution is 6.00. The largest absolute Gasteiger partial charge is 0.480 e. The van der Waals surface area contributed by atoms with E-state index in [1.807, 2.05) is 0 Å². The first-order chi connectivity index (χ1) is 9.43. The molecule has 0 unspecified atom stereocenters. The summed E-state index contributed by atoms with van der Waals surface area (Å²) >= 11 is 0. The lowest BCUT2D eigenvalue weighted by Gasteiger charge is -2.12. The number of aryl methyl sites for hydroxylation is 1. The van der Waals surface area contributed by atoms with Gasteiger partial charge >= 0.3 is 11.7 Å². The molecule has 1 aromatic heterocycles. The van der Waals surface area contributed by atoms with E-state index in [-0.39, 0.29) is 5.69 Å². The number of nitrogens with one attached hydrogen (secondary N) is 2. The minimum Gasteiger partial charge on any atom is -0.480 e. The number of aliphatic carboxylic acids is 1. The molecule has 0 spiro atoms. The van der Waals surface area contributed by atoms with E-state index in [4.69, 9.17) is 5.11 Å². The predicted molar refractivity (Wildman–Crippen MR) is 70.6 cm³/mol. The van der Waals surface area contributed by atoms with Crippen LogP contribution in [0.1, 0.15) is 23.2 Å². The van der Waals surface area contributed by atoms with Crippen molar-refractivity contribution in [1.29, 1.82) is 0 Å². The van der Waals surface area contributed by atoms with Gasteiger partial charge in [0.2, 0.25) is 0 Å². The lowest BCUT2D eigenvalue weighted by atomic mass is 10.1. The van der Waals surface area contributed by atoms with Crippen LogP contribution >= 0.6 is 0 Å². The lowest BCUT2D eigenvalue weighted by molar-refractivity contribution is -0.140. The van der Waals surface area contributed by atoms with Crippen LogP contribution < -0.4 is 11.0 Å². The summed E-state index contributed by atoms with van der Waals surface area (Å²) in [6.07, 6.45) is 0.887. The van der Waals surface area contributed by atoms with Gasteiger partial charge in [0.1, 0.15) is 5.54 Å².